The summed E-state index contributed by atoms with van der Waals surface area (Å²) in [5.41, 5.74) is 0.0794. The second kappa shape index (κ2) is 9.70. The summed E-state index contributed by atoms with van der Waals surface area (Å²) in [5.74, 6) is 0. The second-order valence-electron chi connectivity index (χ2n) is 7.09. The molecule has 29 heavy (non-hydrogen) atoms. The Morgan fingerprint density at radius 2 is 2.10 bits per heavy atom. The molecule has 0 saturated carbocycles. The summed E-state index contributed by atoms with van der Waals surface area (Å²) in [6, 6.07) is 0. The number of nitrogens with zero attached hydrogens (tertiary/aromatic N) is 5. The van der Waals surface area contributed by atoms with Crippen LogP contribution >= 0.6 is 11.8 Å². The van der Waals surface area contributed by atoms with Gasteiger partial charge in [-0.1, -0.05) is 12.1 Å². The molecule has 3 heterocycles. The molecule has 2 aromatic heterocycles. The van der Waals surface area contributed by atoms with Crippen LogP contribution in [0.1, 0.15) is 36.4 Å². The lowest BCUT2D eigenvalue weighted by molar-refractivity contribution is 0.124. The third kappa shape index (κ3) is 4.97. The minimum atomic E-state index is -0.697. The van der Waals surface area contributed by atoms with Gasteiger partial charge in [-0.05, 0) is 13.3 Å². The number of aliphatic hydroxyl groups is 2. The van der Waals surface area contributed by atoms with Gasteiger partial charge in [0, 0.05) is 24.8 Å². The first-order chi connectivity index (χ1) is 13.9. The summed E-state index contributed by atoms with van der Waals surface area (Å²) in [4.78, 5) is 25.6. The van der Waals surface area contributed by atoms with E-state index < -0.39 is 11.8 Å². The molecule has 11 heteroatoms. The molecular formula is C18H27N5O5S. The lowest BCUT2D eigenvalue weighted by atomic mass is 10.2. The van der Waals surface area contributed by atoms with Crippen LogP contribution in [0.25, 0.3) is 0 Å². The topological polar surface area (TPSA) is 124 Å². The van der Waals surface area contributed by atoms with Crippen molar-refractivity contribution in [3.63, 3.8) is 0 Å². The Kier molecular flexibility index (Phi) is 7.28. The van der Waals surface area contributed by atoms with E-state index in [0.29, 0.717) is 37.4 Å². The lowest BCUT2D eigenvalue weighted by Gasteiger charge is -2.16. The Hall–Kier alpha value is -1.95. The van der Waals surface area contributed by atoms with Crippen molar-refractivity contribution in [3.8, 4) is 0 Å². The summed E-state index contributed by atoms with van der Waals surface area (Å²) < 4.78 is 9.65. The highest BCUT2D eigenvalue weighted by atomic mass is 32.2. The molecule has 10 nitrogen and oxygen atoms in total. The Labute approximate surface area is 172 Å². The molecule has 1 fully saturated rings. The van der Waals surface area contributed by atoms with Crippen LogP contribution < -0.4 is 11.2 Å². The standard InChI is InChI=1S/C18H27N5O5S/c1-3-5-28-6-4-21-9-13(19-20-21)10-23-17(26)12(2)8-22(18(23)27)16-7-14(25)15(11-24)29-16/h8-9,14-16,24-25H,3-7,10-11H2,1-2H3. The molecule has 2 N–H and O–H groups in total. The van der Waals surface area contributed by atoms with Crippen LogP contribution in [0.15, 0.2) is 22.0 Å². The van der Waals surface area contributed by atoms with E-state index in [1.165, 1.54) is 22.5 Å². The third-order valence-electron chi connectivity index (χ3n) is 4.78. The van der Waals surface area contributed by atoms with Crippen LogP contribution in [0.2, 0.25) is 0 Å². The normalized spacial score (nSPS) is 21.7. The Balaban J connectivity index is 1.80. The number of aryl methyl sites for hydroxylation is 1. The molecule has 0 spiro atoms. The average Bonchev–Trinajstić information content (AvgIpc) is 3.31. The third-order valence-corrected chi connectivity index (χ3v) is 6.33. The van der Waals surface area contributed by atoms with Gasteiger partial charge in [0.1, 0.15) is 5.69 Å². The summed E-state index contributed by atoms with van der Waals surface area (Å²) in [6.07, 6.45) is 3.80. The van der Waals surface area contributed by atoms with E-state index in [2.05, 4.69) is 10.3 Å². The van der Waals surface area contributed by atoms with E-state index in [4.69, 9.17) is 4.74 Å². The largest absolute Gasteiger partial charge is 0.395 e. The molecule has 1 aliphatic rings. The number of hydrogen-bond donors (Lipinski definition) is 2. The van der Waals surface area contributed by atoms with Gasteiger partial charge < -0.3 is 14.9 Å². The molecule has 0 radical (unpaired) electrons. The highest BCUT2D eigenvalue weighted by Crippen LogP contribution is 2.40. The van der Waals surface area contributed by atoms with Crippen LogP contribution in [0.4, 0.5) is 0 Å². The van der Waals surface area contributed by atoms with Gasteiger partial charge in [0.25, 0.3) is 5.56 Å². The minimum Gasteiger partial charge on any atom is -0.395 e. The minimum absolute atomic E-state index is 0.0124. The van der Waals surface area contributed by atoms with Crippen molar-refractivity contribution < 1.29 is 14.9 Å². The quantitative estimate of drug-likeness (QED) is 0.527. The zero-order chi connectivity index (χ0) is 21.0. The number of hydrogen-bond acceptors (Lipinski definition) is 8. The van der Waals surface area contributed by atoms with Gasteiger partial charge in [-0.2, -0.15) is 0 Å². The Bertz CT molecular complexity index is 939. The monoisotopic (exact) mass is 425 g/mol. The maximum Gasteiger partial charge on any atom is 0.332 e. The fraction of sp³-hybridized carbons (Fsp3) is 0.667. The van der Waals surface area contributed by atoms with Gasteiger partial charge in [-0.3, -0.25) is 13.9 Å². The smallest absolute Gasteiger partial charge is 0.332 e. The van der Waals surface area contributed by atoms with Crippen LogP contribution in [-0.4, -0.2) is 65.5 Å². The van der Waals surface area contributed by atoms with Crippen molar-refractivity contribution >= 4 is 11.8 Å². The summed E-state index contributed by atoms with van der Waals surface area (Å²) >= 11 is 1.33. The van der Waals surface area contributed by atoms with E-state index in [1.807, 2.05) is 6.92 Å². The first-order valence-corrected chi connectivity index (χ1v) is 10.6. The number of rotatable bonds is 9. The molecule has 3 atom stereocenters. The molecule has 0 bridgehead atoms. The summed E-state index contributed by atoms with van der Waals surface area (Å²) in [6.45, 7) is 5.27. The van der Waals surface area contributed by atoms with Crippen LogP contribution in [0.3, 0.4) is 0 Å². The van der Waals surface area contributed by atoms with Crippen molar-refractivity contribution in [3.05, 3.63) is 44.5 Å². The van der Waals surface area contributed by atoms with Crippen LogP contribution in [0.5, 0.6) is 0 Å². The van der Waals surface area contributed by atoms with Gasteiger partial charge >= 0.3 is 5.69 Å². The molecule has 1 aliphatic heterocycles. The van der Waals surface area contributed by atoms with Crippen molar-refractivity contribution in [1.29, 1.82) is 0 Å². The maximum atomic E-state index is 13.0. The zero-order valence-electron chi connectivity index (χ0n) is 16.6. The van der Waals surface area contributed by atoms with Gasteiger partial charge in [0.05, 0.1) is 49.2 Å². The van der Waals surface area contributed by atoms with Crippen LogP contribution in [0, 0.1) is 6.92 Å². The summed E-state index contributed by atoms with van der Waals surface area (Å²) in [5, 5.41) is 26.8. The van der Waals surface area contributed by atoms with E-state index >= 15 is 0 Å². The predicted octanol–water partition coefficient (Wildman–Crippen LogP) is -0.258. The number of aliphatic hydroxyl groups excluding tert-OH is 2. The molecule has 0 aromatic carbocycles. The van der Waals surface area contributed by atoms with Crippen molar-refractivity contribution in [2.24, 2.45) is 0 Å². The highest BCUT2D eigenvalue weighted by Gasteiger charge is 2.35. The molecule has 3 unspecified atom stereocenters. The second-order valence-corrected chi connectivity index (χ2v) is 8.52. The van der Waals surface area contributed by atoms with Crippen molar-refractivity contribution in [2.45, 2.75) is 56.5 Å². The fourth-order valence-corrected chi connectivity index (χ4v) is 4.61. The average molecular weight is 426 g/mol. The Morgan fingerprint density at radius 1 is 1.31 bits per heavy atom. The summed E-state index contributed by atoms with van der Waals surface area (Å²) in [7, 11) is 0. The maximum absolute atomic E-state index is 13.0. The van der Waals surface area contributed by atoms with E-state index in [1.54, 1.807) is 17.8 Å². The van der Waals surface area contributed by atoms with E-state index in [9.17, 15) is 19.8 Å². The first kappa shape index (κ1) is 21.8. The fourth-order valence-electron chi connectivity index (χ4n) is 3.24. The highest BCUT2D eigenvalue weighted by molar-refractivity contribution is 8.00. The van der Waals surface area contributed by atoms with Gasteiger partial charge in [0.15, 0.2) is 0 Å². The molecule has 160 valence electrons. The SMILES string of the molecule is CCCOCCn1cc(Cn2c(=O)c(C)cn(C3CC(O)C(CO)S3)c2=O)nn1. The molecule has 0 aliphatic carbocycles. The number of ether oxygens (including phenoxy) is 1. The van der Waals surface area contributed by atoms with Gasteiger partial charge in [-0.15, -0.1) is 16.9 Å². The molecule has 3 rings (SSSR count). The van der Waals surface area contributed by atoms with Gasteiger partial charge in [0.2, 0.25) is 0 Å². The molecular weight excluding hydrogens is 398 g/mol. The van der Waals surface area contributed by atoms with Gasteiger partial charge in [-0.25, -0.2) is 9.48 Å². The molecule has 0 amide bonds. The van der Waals surface area contributed by atoms with E-state index in [0.717, 1.165) is 11.0 Å². The first-order valence-electron chi connectivity index (χ1n) is 9.68. The van der Waals surface area contributed by atoms with E-state index in [-0.39, 0.29) is 29.3 Å². The lowest BCUT2D eigenvalue weighted by Crippen LogP contribution is -2.41. The number of aromatic nitrogens is 5. The zero-order valence-corrected chi connectivity index (χ0v) is 17.4. The van der Waals surface area contributed by atoms with Crippen LogP contribution in [-0.2, 0) is 17.8 Å². The van der Waals surface area contributed by atoms with Crippen molar-refractivity contribution in [1.82, 2.24) is 24.1 Å². The number of thioether (sulfide) groups is 1. The Morgan fingerprint density at radius 3 is 2.79 bits per heavy atom. The molecule has 2 aromatic rings. The van der Waals surface area contributed by atoms with Crippen molar-refractivity contribution in [2.75, 3.05) is 19.8 Å². The predicted molar refractivity (Wildman–Crippen MR) is 108 cm³/mol. The molecule has 1 saturated heterocycles.